The first-order valence-electron chi connectivity index (χ1n) is 4.67. The molecule has 1 aromatic heterocycles. The second-order valence-corrected chi connectivity index (χ2v) is 4.46. The molecule has 0 saturated heterocycles. The summed E-state index contributed by atoms with van der Waals surface area (Å²) in [6, 6.07) is 1.78. The molecule has 0 N–H and O–H groups in total. The van der Waals surface area contributed by atoms with E-state index in [4.69, 9.17) is 4.74 Å². The Balaban J connectivity index is 2.76. The maximum atomic E-state index is 5.66. The summed E-state index contributed by atoms with van der Waals surface area (Å²) in [7, 11) is 0. The minimum Gasteiger partial charge on any atom is -0.474 e. The molecule has 0 radical (unpaired) electrons. The van der Waals surface area contributed by atoms with Crippen LogP contribution in [0, 0.1) is 12.8 Å². The molecule has 4 heteroatoms. The summed E-state index contributed by atoms with van der Waals surface area (Å²) in [5.74, 6) is 1.82. The van der Waals surface area contributed by atoms with Crippen LogP contribution in [0.25, 0.3) is 0 Å². The molecule has 0 bridgehead atoms. The number of ether oxygens (including phenoxy) is 1. The standard InChI is InChI=1S/C10H15BrN2O/c1-6(2)7(3)14-10-5-9(11)12-8(4)13-10/h5-7H,1-4H3. The molecular weight excluding hydrogens is 244 g/mol. The largest absolute Gasteiger partial charge is 0.474 e. The first kappa shape index (κ1) is 11.4. The molecule has 0 amide bonds. The van der Waals surface area contributed by atoms with E-state index in [2.05, 4.69) is 39.7 Å². The predicted molar refractivity (Wildman–Crippen MR) is 59.4 cm³/mol. The van der Waals surface area contributed by atoms with Gasteiger partial charge in [0.1, 0.15) is 10.4 Å². The van der Waals surface area contributed by atoms with Crippen molar-refractivity contribution in [3.05, 3.63) is 16.5 Å². The second kappa shape index (κ2) is 4.73. The molecule has 1 unspecified atom stereocenters. The SMILES string of the molecule is Cc1nc(Br)cc(OC(C)C(C)C)n1. The Bertz CT molecular complexity index is 295. The molecule has 1 atom stereocenters. The lowest BCUT2D eigenvalue weighted by Gasteiger charge is -2.17. The molecule has 0 saturated carbocycles. The molecule has 0 aliphatic carbocycles. The van der Waals surface area contributed by atoms with Crippen LogP contribution in [0.15, 0.2) is 10.7 Å². The summed E-state index contributed by atoms with van der Waals surface area (Å²) in [5, 5.41) is 0. The van der Waals surface area contributed by atoms with Gasteiger partial charge in [0.15, 0.2) is 0 Å². The number of aromatic nitrogens is 2. The zero-order valence-corrected chi connectivity index (χ0v) is 10.5. The van der Waals surface area contributed by atoms with E-state index in [9.17, 15) is 0 Å². The van der Waals surface area contributed by atoms with Crippen LogP contribution in [0.2, 0.25) is 0 Å². The number of nitrogens with zero attached hydrogens (tertiary/aromatic N) is 2. The summed E-state index contributed by atoms with van der Waals surface area (Å²) in [5.41, 5.74) is 0. The summed E-state index contributed by atoms with van der Waals surface area (Å²) < 4.78 is 6.42. The van der Waals surface area contributed by atoms with Gasteiger partial charge in [0.25, 0.3) is 0 Å². The normalized spacial score (nSPS) is 13.0. The van der Waals surface area contributed by atoms with Crippen molar-refractivity contribution in [1.82, 2.24) is 9.97 Å². The van der Waals surface area contributed by atoms with Gasteiger partial charge < -0.3 is 4.74 Å². The second-order valence-electron chi connectivity index (χ2n) is 3.64. The molecule has 3 nitrogen and oxygen atoms in total. The number of aryl methyl sites for hydroxylation is 1. The van der Waals surface area contributed by atoms with Crippen LogP contribution < -0.4 is 4.74 Å². The van der Waals surface area contributed by atoms with E-state index in [0.717, 1.165) is 4.60 Å². The molecule has 0 aliphatic heterocycles. The zero-order valence-electron chi connectivity index (χ0n) is 8.91. The number of hydrogen-bond donors (Lipinski definition) is 0. The van der Waals surface area contributed by atoms with Crippen molar-refractivity contribution in [2.24, 2.45) is 5.92 Å². The van der Waals surface area contributed by atoms with Gasteiger partial charge >= 0.3 is 0 Å². The third kappa shape index (κ3) is 3.25. The van der Waals surface area contributed by atoms with E-state index >= 15 is 0 Å². The fourth-order valence-electron chi connectivity index (χ4n) is 0.892. The smallest absolute Gasteiger partial charge is 0.217 e. The average molecular weight is 259 g/mol. The van der Waals surface area contributed by atoms with E-state index in [0.29, 0.717) is 17.6 Å². The van der Waals surface area contributed by atoms with Crippen LogP contribution >= 0.6 is 15.9 Å². The van der Waals surface area contributed by atoms with E-state index < -0.39 is 0 Å². The first-order valence-corrected chi connectivity index (χ1v) is 5.46. The molecule has 1 aromatic rings. The highest BCUT2D eigenvalue weighted by molar-refractivity contribution is 9.10. The summed E-state index contributed by atoms with van der Waals surface area (Å²) in [6.45, 7) is 8.12. The summed E-state index contributed by atoms with van der Waals surface area (Å²) in [4.78, 5) is 8.31. The van der Waals surface area contributed by atoms with Gasteiger partial charge in [-0.1, -0.05) is 13.8 Å². The van der Waals surface area contributed by atoms with Crippen molar-refractivity contribution >= 4 is 15.9 Å². The van der Waals surface area contributed by atoms with Crippen molar-refractivity contribution in [2.45, 2.75) is 33.8 Å². The van der Waals surface area contributed by atoms with Crippen LogP contribution in [0.5, 0.6) is 5.88 Å². The van der Waals surface area contributed by atoms with Gasteiger partial charge in [0.2, 0.25) is 5.88 Å². The Hall–Kier alpha value is -0.640. The highest BCUT2D eigenvalue weighted by Gasteiger charge is 2.10. The highest BCUT2D eigenvalue weighted by atomic mass is 79.9. The van der Waals surface area contributed by atoms with Gasteiger partial charge in [0, 0.05) is 6.07 Å². The number of hydrogen-bond acceptors (Lipinski definition) is 3. The Kier molecular flexibility index (Phi) is 3.86. The van der Waals surface area contributed by atoms with Crippen molar-refractivity contribution in [2.75, 3.05) is 0 Å². The third-order valence-electron chi connectivity index (χ3n) is 2.03. The van der Waals surface area contributed by atoms with Gasteiger partial charge in [0.05, 0.1) is 6.10 Å². The topological polar surface area (TPSA) is 35.0 Å². The fourth-order valence-corrected chi connectivity index (χ4v) is 1.34. The summed E-state index contributed by atoms with van der Waals surface area (Å²) in [6.07, 6.45) is 0.163. The molecule has 14 heavy (non-hydrogen) atoms. The van der Waals surface area contributed by atoms with Gasteiger partial charge in [-0.25, -0.2) is 4.98 Å². The Labute approximate surface area is 93.0 Å². The average Bonchev–Trinajstić information content (AvgIpc) is 2.01. The van der Waals surface area contributed by atoms with Crippen LogP contribution in [0.3, 0.4) is 0 Å². The first-order chi connectivity index (χ1) is 6.49. The Morgan fingerprint density at radius 3 is 2.43 bits per heavy atom. The lowest BCUT2D eigenvalue weighted by Crippen LogP contribution is -2.19. The van der Waals surface area contributed by atoms with Crippen molar-refractivity contribution in [3.63, 3.8) is 0 Å². The van der Waals surface area contributed by atoms with Crippen LogP contribution in [-0.4, -0.2) is 16.1 Å². The molecule has 1 rings (SSSR count). The summed E-state index contributed by atoms with van der Waals surface area (Å²) >= 11 is 3.31. The van der Waals surface area contributed by atoms with E-state index in [1.165, 1.54) is 0 Å². The van der Waals surface area contributed by atoms with Gasteiger partial charge in [-0.2, -0.15) is 4.98 Å². The minimum atomic E-state index is 0.163. The van der Waals surface area contributed by atoms with E-state index in [1.54, 1.807) is 6.07 Å². The molecule has 1 heterocycles. The number of halogens is 1. The lowest BCUT2D eigenvalue weighted by atomic mass is 10.1. The van der Waals surface area contributed by atoms with Crippen molar-refractivity contribution in [3.8, 4) is 5.88 Å². The fraction of sp³-hybridized carbons (Fsp3) is 0.600. The maximum Gasteiger partial charge on any atom is 0.217 e. The molecule has 0 fully saturated rings. The molecular formula is C10H15BrN2O. The monoisotopic (exact) mass is 258 g/mol. The van der Waals surface area contributed by atoms with Gasteiger partial charge in [-0.3, -0.25) is 0 Å². The van der Waals surface area contributed by atoms with Gasteiger partial charge in [-0.15, -0.1) is 0 Å². The quantitative estimate of drug-likeness (QED) is 0.783. The molecule has 78 valence electrons. The molecule has 0 aromatic carbocycles. The van der Waals surface area contributed by atoms with Crippen LogP contribution in [0.4, 0.5) is 0 Å². The molecule has 0 spiro atoms. The minimum absolute atomic E-state index is 0.163. The highest BCUT2D eigenvalue weighted by Crippen LogP contribution is 2.17. The van der Waals surface area contributed by atoms with Crippen molar-refractivity contribution < 1.29 is 4.74 Å². The lowest BCUT2D eigenvalue weighted by molar-refractivity contribution is 0.162. The predicted octanol–water partition coefficient (Wildman–Crippen LogP) is 2.97. The van der Waals surface area contributed by atoms with Crippen molar-refractivity contribution in [1.29, 1.82) is 0 Å². The van der Waals surface area contributed by atoms with Crippen LogP contribution in [-0.2, 0) is 0 Å². The van der Waals surface area contributed by atoms with Gasteiger partial charge in [-0.05, 0) is 35.7 Å². The van der Waals surface area contributed by atoms with E-state index in [1.807, 2.05) is 13.8 Å². The van der Waals surface area contributed by atoms with E-state index in [-0.39, 0.29) is 6.10 Å². The van der Waals surface area contributed by atoms with Crippen LogP contribution in [0.1, 0.15) is 26.6 Å². The maximum absolute atomic E-state index is 5.66. The Morgan fingerprint density at radius 1 is 1.29 bits per heavy atom. The third-order valence-corrected chi connectivity index (χ3v) is 2.43. The Morgan fingerprint density at radius 2 is 1.93 bits per heavy atom. The zero-order chi connectivity index (χ0) is 10.7. The molecule has 0 aliphatic rings. The number of rotatable bonds is 3.